The van der Waals surface area contributed by atoms with E-state index in [1.807, 2.05) is 0 Å². The molecule has 0 unspecified atom stereocenters. The number of nitrogens with two attached hydrogens (primary N) is 1. The van der Waals surface area contributed by atoms with Gasteiger partial charge in [0.15, 0.2) is 4.90 Å². The van der Waals surface area contributed by atoms with Crippen LogP contribution in [-0.2, 0) is 16.2 Å². The Morgan fingerprint density at radius 1 is 0.929 bits per heavy atom. The molecule has 150 valence electrons. The van der Waals surface area contributed by atoms with Crippen molar-refractivity contribution in [2.24, 2.45) is 5.14 Å². The van der Waals surface area contributed by atoms with Gasteiger partial charge in [0, 0.05) is 0 Å². The van der Waals surface area contributed by atoms with Crippen LogP contribution in [0.15, 0.2) is 35.2 Å². The summed E-state index contributed by atoms with van der Waals surface area (Å²) in [7, 11) is -4.59. The molecule has 0 aromatic heterocycles. The molecule has 0 fully saturated rings. The molecule has 0 heterocycles. The van der Waals surface area contributed by atoms with Crippen molar-refractivity contribution in [3.8, 4) is 0 Å². The van der Waals surface area contributed by atoms with Crippen LogP contribution in [0.3, 0.4) is 0 Å². The van der Waals surface area contributed by atoms with Crippen molar-refractivity contribution in [2.45, 2.75) is 37.3 Å². The maximum Gasteiger partial charge on any atom is 0.416 e. The van der Waals surface area contributed by atoms with Crippen molar-refractivity contribution >= 4 is 21.2 Å². The number of primary sulfonamides is 1. The van der Waals surface area contributed by atoms with Gasteiger partial charge in [-0.25, -0.2) is 22.3 Å². The molecule has 0 radical (unpaired) electrons. The Hall–Kier alpha value is -2.26. The Kier molecular flexibility index (Phi) is 5.09. The fraction of sp³-hybridized carbons (Fsp3) is 0.263. The first-order chi connectivity index (χ1) is 12.9. The Bertz CT molecular complexity index is 1060. The Morgan fingerprint density at radius 2 is 1.46 bits per heavy atom. The highest BCUT2D eigenvalue weighted by atomic mass is 32.2. The van der Waals surface area contributed by atoms with Gasteiger partial charge in [-0.15, -0.1) is 0 Å². The molecule has 0 aliphatic heterocycles. The zero-order valence-electron chi connectivity index (χ0n) is 14.7. The molecule has 9 heteroatoms. The topological polar surface area (TPSA) is 60.2 Å². The van der Waals surface area contributed by atoms with Gasteiger partial charge in [0.05, 0.1) is 5.56 Å². The van der Waals surface area contributed by atoms with E-state index in [0.717, 1.165) is 18.2 Å². The van der Waals surface area contributed by atoms with E-state index in [1.54, 1.807) is 0 Å². The lowest BCUT2D eigenvalue weighted by Crippen LogP contribution is -2.16. The summed E-state index contributed by atoms with van der Waals surface area (Å²) in [5, 5.41) is 4.83. The summed E-state index contributed by atoms with van der Waals surface area (Å²) in [6, 6.07) is 5.62. The Labute approximate surface area is 158 Å². The number of halogens is 5. The van der Waals surface area contributed by atoms with E-state index < -0.39 is 38.3 Å². The van der Waals surface area contributed by atoms with Crippen LogP contribution in [0.25, 0.3) is 11.1 Å². The molecule has 0 spiro atoms. The number of hydrogen-bond acceptors (Lipinski definition) is 2. The minimum Gasteiger partial charge on any atom is -0.224 e. The molecule has 28 heavy (non-hydrogen) atoms. The number of benzene rings is 2. The maximum absolute atomic E-state index is 14.2. The smallest absolute Gasteiger partial charge is 0.224 e. The van der Waals surface area contributed by atoms with E-state index >= 15 is 0 Å². The summed E-state index contributed by atoms with van der Waals surface area (Å²) >= 11 is 0. The number of allylic oxidation sites excluding steroid dienone is 2. The van der Waals surface area contributed by atoms with Gasteiger partial charge in [0.25, 0.3) is 0 Å². The summed E-state index contributed by atoms with van der Waals surface area (Å²) in [5.41, 5.74) is 0.742. The molecule has 1 aliphatic carbocycles. The second kappa shape index (κ2) is 6.97. The molecule has 0 amide bonds. The fourth-order valence-corrected chi connectivity index (χ4v) is 4.16. The van der Waals surface area contributed by atoms with E-state index in [2.05, 4.69) is 0 Å². The van der Waals surface area contributed by atoms with E-state index in [4.69, 9.17) is 5.14 Å². The van der Waals surface area contributed by atoms with Crippen molar-refractivity contribution in [1.82, 2.24) is 0 Å². The molecule has 0 bridgehead atoms. The van der Waals surface area contributed by atoms with Gasteiger partial charge in [-0.2, -0.15) is 13.2 Å². The minimum absolute atomic E-state index is 0.0750. The third-order valence-electron chi connectivity index (χ3n) is 4.74. The average Bonchev–Trinajstić information content (AvgIpc) is 3.01. The van der Waals surface area contributed by atoms with Gasteiger partial charge in [-0.1, -0.05) is 12.1 Å². The van der Waals surface area contributed by atoms with Crippen LogP contribution in [0.4, 0.5) is 22.0 Å². The molecule has 2 N–H and O–H groups in total. The number of sulfonamides is 1. The van der Waals surface area contributed by atoms with E-state index in [1.165, 1.54) is 19.1 Å². The molecule has 3 nitrogen and oxygen atoms in total. The second-order valence-electron chi connectivity index (χ2n) is 6.65. The molecule has 0 saturated heterocycles. The standard InChI is InChI=1S/C19H16F5NO2S/c1-10-5-6-11(7-15(10)19(22,23)24)13-3-2-4-14(13)12-8-16(20)18(17(21)9-12)28(25,26)27/h5-9H,2-4H2,1H3,(H2,25,26,27). The molecule has 0 saturated carbocycles. The van der Waals surface area contributed by atoms with Gasteiger partial charge in [-0.3, -0.25) is 0 Å². The predicted octanol–water partition coefficient (Wildman–Crippen LogP) is 5.03. The highest BCUT2D eigenvalue weighted by Crippen LogP contribution is 2.42. The summed E-state index contributed by atoms with van der Waals surface area (Å²) in [6.07, 6.45) is -3.08. The first kappa shape index (κ1) is 20.5. The predicted molar refractivity (Wildman–Crippen MR) is 94.6 cm³/mol. The third-order valence-corrected chi connectivity index (χ3v) is 5.70. The van der Waals surface area contributed by atoms with Crippen molar-refractivity contribution < 1.29 is 30.4 Å². The van der Waals surface area contributed by atoms with E-state index in [-0.39, 0.29) is 11.1 Å². The van der Waals surface area contributed by atoms with Gasteiger partial charge >= 0.3 is 6.18 Å². The first-order valence-corrected chi connectivity index (χ1v) is 9.86. The molecular weight excluding hydrogens is 401 g/mol. The van der Waals surface area contributed by atoms with Gasteiger partial charge in [0.2, 0.25) is 10.0 Å². The lowest BCUT2D eigenvalue weighted by molar-refractivity contribution is -0.138. The highest BCUT2D eigenvalue weighted by Gasteiger charge is 2.33. The molecule has 3 rings (SSSR count). The zero-order valence-corrected chi connectivity index (χ0v) is 15.5. The monoisotopic (exact) mass is 417 g/mol. The Morgan fingerprint density at radius 3 is 1.96 bits per heavy atom. The number of alkyl halides is 3. The van der Waals surface area contributed by atoms with Crippen LogP contribution in [0.2, 0.25) is 0 Å². The summed E-state index contributed by atoms with van der Waals surface area (Å²) < 4.78 is 90.7. The lowest BCUT2D eigenvalue weighted by Gasteiger charge is -2.15. The fourth-order valence-electron chi connectivity index (χ4n) is 3.50. The van der Waals surface area contributed by atoms with Crippen LogP contribution in [0, 0.1) is 18.6 Å². The molecule has 2 aromatic carbocycles. The van der Waals surface area contributed by atoms with Crippen LogP contribution < -0.4 is 5.14 Å². The van der Waals surface area contributed by atoms with Gasteiger partial charge in [0.1, 0.15) is 11.6 Å². The van der Waals surface area contributed by atoms with Crippen LogP contribution in [0.1, 0.15) is 41.5 Å². The van der Waals surface area contributed by atoms with Gasteiger partial charge < -0.3 is 0 Å². The summed E-state index contributed by atoms with van der Waals surface area (Å²) in [5.74, 6) is -2.67. The summed E-state index contributed by atoms with van der Waals surface area (Å²) in [6.45, 7) is 1.35. The zero-order chi connectivity index (χ0) is 20.9. The van der Waals surface area contributed by atoms with Crippen LogP contribution >= 0.6 is 0 Å². The largest absolute Gasteiger partial charge is 0.416 e. The molecule has 1 aliphatic rings. The molecule has 0 atom stereocenters. The van der Waals surface area contributed by atoms with Gasteiger partial charge in [-0.05, 0) is 72.2 Å². The molecule has 2 aromatic rings. The average molecular weight is 417 g/mol. The second-order valence-corrected chi connectivity index (χ2v) is 8.15. The van der Waals surface area contributed by atoms with Crippen molar-refractivity contribution in [2.75, 3.05) is 0 Å². The third kappa shape index (κ3) is 3.81. The minimum atomic E-state index is -4.59. The van der Waals surface area contributed by atoms with Crippen LogP contribution in [0.5, 0.6) is 0 Å². The van der Waals surface area contributed by atoms with Crippen LogP contribution in [-0.4, -0.2) is 8.42 Å². The molecular formula is C19H16F5NO2S. The maximum atomic E-state index is 14.2. The normalized spacial score (nSPS) is 15.4. The van der Waals surface area contributed by atoms with Crippen molar-refractivity contribution in [3.63, 3.8) is 0 Å². The van der Waals surface area contributed by atoms with Crippen molar-refractivity contribution in [1.29, 1.82) is 0 Å². The summed E-state index contributed by atoms with van der Waals surface area (Å²) in [4.78, 5) is -1.23. The quantitative estimate of drug-likeness (QED) is 0.712. The number of hydrogen-bond donors (Lipinski definition) is 1. The first-order valence-electron chi connectivity index (χ1n) is 8.32. The number of aryl methyl sites for hydroxylation is 1. The van der Waals surface area contributed by atoms with E-state index in [0.29, 0.717) is 36.0 Å². The Balaban J connectivity index is 2.16. The highest BCUT2D eigenvalue weighted by molar-refractivity contribution is 7.89. The van der Waals surface area contributed by atoms with E-state index in [9.17, 15) is 30.4 Å². The SMILES string of the molecule is Cc1ccc(C2=C(c3cc(F)c(S(N)(=O)=O)c(F)c3)CCC2)cc1C(F)(F)F. The lowest BCUT2D eigenvalue weighted by atomic mass is 9.94. The van der Waals surface area contributed by atoms with Crippen molar-refractivity contribution in [3.05, 3.63) is 64.2 Å². The number of rotatable bonds is 3.